The maximum Gasteiger partial charge on any atom is 0.330 e. The van der Waals surface area contributed by atoms with Gasteiger partial charge in [-0.2, -0.15) is 0 Å². The number of carbonyl (C=O) groups is 2. The molecule has 0 bridgehead atoms. The van der Waals surface area contributed by atoms with Crippen LogP contribution in [0.1, 0.15) is 74.1 Å². The number of rotatable bonds is 4. The molecular formula is C25H38O6. The molecule has 0 amide bonds. The van der Waals surface area contributed by atoms with Crippen molar-refractivity contribution < 1.29 is 28.9 Å². The maximum atomic E-state index is 13.5. The van der Waals surface area contributed by atoms with Crippen molar-refractivity contribution in [1.29, 1.82) is 0 Å². The number of carbonyl (C=O) groups excluding carboxylic acids is 2. The van der Waals surface area contributed by atoms with Gasteiger partial charge < -0.3 is 19.3 Å². The lowest BCUT2D eigenvalue weighted by Gasteiger charge is -2.61. The molecule has 1 N–H and O–H groups in total. The number of aliphatic hydroxyl groups excluding tert-OH is 1. The minimum absolute atomic E-state index is 0.172. The highest BCUT2D eigenvalue weighted by atomic mass is 16.7. The molecule has 0 unspecified atom stereocenters. The number of aliphatic hydroxyl groups is 1. The Labute approximate surface area is 185 Å². The number of ketones is 1. The van der Waals surface area contributed by atoms with Gasteiger partial charge in [0, 0.05) is 18.4 Å². The van der Waals surface area contributed by atoms with Gasteiger partial charge in [0.05, 0.1) is 24.7 Å². The molecule has 0 radical (unpaired) electrons. The largest absolute Gasteiger partial charge is 0.463 e. The molecule has 2 saturated heterocycles. The van der Waals surface area contributed by atoms with E-state index in [1.165, 1.54) is 6.08 Å². The molecule has 174 valence electrons. The van der Waals surface area contributed by atoms with Crippen LogP contribution in [0, 0.1) is 22.2 Å². The summed E-state index contributed by atoms with van der Waals surface area (Å²) in [5.74, 6) is -0.378. The Morgan fingerprint density at radius 1 is 1.23 bits per heavy atom. The van der Waals surface area contributed by atoms with E-state index in [0.29, 0.717) is 32.5 Å². The standard InChI is InChI=1S/C25H38O6/c1-15(2)12-17(27)29-11-10-22(5)13-25(30-14-22)23(6)16(26)8-9-21(3,4)19(23)18(28)20-24(25,7)31-20/h12,18-20,28H,8-11,13-14H2,1-7H3/t18-,19+,20-,22+,23+,24-,25+/m0/s1. The van der Waals surface area contributed by atoms with Crippen LogP contribution in [0.4, 0.5) is 0 Å². The number of epoxide rings is 1. The summed E-state index contributed by atoms with van der Waals surface area (Å²) in [5, 5.41) is 11.3. The zero-order valence-corrected chi connectivity index (χ0v) is 20.0. The van der Waals surface area contributed by atoms with Crippen LogP contribution in [0.5, 0.6) is 0 Å². The van der Waals surface area contributed by atoms with Crippen LogP contribution < -0.4 is 0 Å². The summed E-state index contributed by atoms with van der Waals surface area (Å²) in [4.78, 5) is 25.4. The van der Waals surface area contributed by atoms with E-state index in [0.717, 1.165) is 12.0 Å². The molecule has 6 heteroatoms. The summed E-state index contributed by atoms with van der Waals surface area (Å²) in [6.45, 7) is 15.0. The van der Waals surface area contributed by atoms with Gasteiger partial charge in [-0.1, -0.05) is 26.3 Å². The summed E-state index contributed by atoms with van der Waals surface area (Å²) < 4.78 is 18.2. The fourth-order valence-electron chi connectivity index (χ4n) is 7.22. The average molecular weight is 435 g/mol. The van der Waals surface area contributed by atoms with E-state index >= 15 is 0 Å². The second kappa shape index (κ2) is 6.88. The molecule has 31 heavy (non-hydrogen) atoms. The highest BCUT2D eigenvalue weighted by Gasteiger charge is 2.85. The van der Waals surface area contributed by atoms with Crippen molar-refractivity contribution >= 4 is 11.8 Å². The Kier molecular flexibility index (Phi) is 5.09. The highest BCUT2D eigenvalue weighted by molar-refractivity contribution is 5.88. The number of esters is 1. The van der Waals surface area contributed by atoms with E-state index in [1.54, 1.807) is 0 Å². The van der Waals surface area contributed by atoms with Crippen LogP contribution in [0.3, 0.4) is 0 Å². The Bertz CT molecular complexity index is 828. The molecule has 2 aliphatic heterocycles. The number of Topliss-reactive ketones (excluding diaryl/α,β-unsaturated/α-hetero) is 1. The molecule has 1 spiro atoms. The van der Waals surface area contributed by atoms with Crippen LogP contribution in [0.15, 0.2) is 11.6 Å². The number of fused-ring (bicyclic) bond motifs is 4. The van der Waals surface area contributed by atoms with E-state index in [9.17, 15) is 14.7 Å². The van der Waals surface area contributed by atoms with Crippen LogP contribution >= 0.6 is 0 Å². The third-order valence-electron chi connectivity index (χ3n) is 8.89. The average Bonchev–Trinajstić information content (AvgIpc) is 3.22. The van der Waals surface area contributed by atoms with Gasteiger partial charge in [0.2, 0.25) is 0 Å². The molecular weight excluding hydrogens is 396 g/mol. The fourth-order valence-corrected chi connectivity index (χ4v) is 7.22. The molecule has 4 fully saturated rings. The minimum atomic E-state index is -0.827. The molecule has 4 aliphatic rings. The Balaban J connectivity index is 1.62. The normalized spacial score (nSPS) is 47.5. The van der Waals surface area contributed by atoms with Crippen LogP contribution in [0.2, 0.25) is 0 Å². The molecule has 4 rings (SSSR count). The Morgan fingerprint density at radius 2 is 1.90 bits per heavy atom. The highest BCUT2D eigenvalue weighted by Crippen LogP contribution is 2.73. The molecule has 6 nitrogen and oxygen atoms in total. The topological polar surface area (TPSA) is 85.4 Å². The second-order valence-corrected chi connectivity index (χ2v) is 12.0. The van der Waals surface area contributed by atoms with Crippen LogP contribution in [-0.4, -0.2) is 53.5 Å². The van der Waals surface area contributed by atoms with Crippen molar-refractivity contribution in [1.82, 2.24) is 0 Å². The molecule has 2 saturated carbocycles. The van der Waals surface area contributed by atoms with E-state index in [2.05, 4.69) is 20.8 Å². The fraction of sp³-hybridized carbons (Fsp3) is 0.840. The third kappa shape index (κ3) is 3.08. The van der Waals surface area contributed by atoms with E-state index in [4.69, 9.17) is 14.2 Å². The summed E-state index contributed by atoms with van der Waals surface area (Å²) in [5.41, 5.74) is -1.83. The van der Waals surface area contributed by atoms with Gasteiger partial charge in [0.1, 0.15) is 23.1 Å². The first-order chi connectivity index (χ1) is 14.2. The number of ether oxygens (including phenoxy) is 3. The summed E-state index contributed by atoms with van der Waals surface area (Å²) in [6.07, 6.45) is 3.06. The van der Waals surface area contributed by atoms with Crippen LogP contribution in [-0.2, 0) is 23.8 Å². The molecule has 7 atom stereocenters. The van der Waals surface area contributed by atoms with E-state index in [1.807, 2.05) is 27.7 Å². The van der Waals surface area contributed by atoms with Crippen molar-refractivity contribution in [3.05, 3.63) is 11.6 Å². The zero-order valence-electron chi connectivity index (χ0n) is 20.0. The molecule has 0 aromatic rings. The van der Waals surface area contributed by atoms with Gasteiger partial charge in [0.15, 0.2) is 0 Å². The first-order valence-corrected chi connectivity index (χ1v) is 11.6. The predicted octanol–water partition coefficient (Wildman–Crippen LogP) is 3.59. The summed E-state index contributed by atoms with van der Waals surface area (Å²) in [7, 11) is 0. The molecule has 0 aromatic carbocycles. The van der Waals surface area contributed by atoms with E-state index in [-0.39, 0.29) is 34.6 Å². The van der Waals surface area contributed by atoms with Crippen molar-refractivity contribution in [3.8, 4) is 0 Å². The van der Waals surface area contributed by atoms with Crippen molar-refractivity contribution in [2.75, 3.05) is 13.2 Å². The first-order valence-electron chi connectivity index (χ1n) is 11.6. The van der Waals surface area contributed by atoms with Gasteiger partial charge in [-0.25, -0.2) is 4.79 Å². The molecule has 2 heterocycles. The van der Waals surface area contributed by atoms with Crippen molar-refractivity contribution in [2.24, 2.45) is 22.2 Å². The van der Waals surface area contributed by atoms with Gasteiger partial charge in [-0.15, -0.1) is 0 Å². The lowest BCUT2D eigenvalue weighted by Crippen LogP contribution is -2.73. The third-order valence-corrected chi connectivity index (χ3v) is 8.89. The minimum Gasteiger partial charge on any atom is -0.463 e. The van der Waals surface area contributed by atoms with E-state index < -0.39 is 22.7 Å². The smallest absolute Gasteiger partial charge is 0.330 e. The number of allylic oxidation sites excluding steroid dienone is 1. The van der Waals surface area contributed by atoms with Crippen LogP contribution in [0.25, 0.3) is 0 Å². The van der Waals surface area contributed by atoms with Crippen molar-refractivity contribution in [2.45, 2.75) is 97.6 Å². The first kappa shape index (κ1) is 22.9. The van der Waals surface area contributed by atoms with Gasteiger partial charge in [-0.3, -0.25) is 4.79 Å². The number of hydrogen-bond acceptors (Lipinski definition) is 6. The SMILES string of the molecule is CC(C)=CC(=O)OCC[C@@]1(C)CO[C@@]2(C1)[C@@]1(C)O[C@H]1[C@@H](O)[C@@H]1C(C)(C)CCC(=O)[C@]12C. The second-order valence-electron chi connectivity index (χ2n) is 12.0. The zero-order chi connectivity index (χ0) is 23.0. The summed E-state index contributed by atoms with van der Waals surface area (Å²) >= 11 is 0. The quantitative estimate of drug-likeness (QED) is 0.413. The van der Waals surface area contributed by atoms with Gasteiger partial charge in [0.25, 0.3) is 0 Å². The monoisotopic (exact) mass is 434 g/mol. The lowest BCUT2D eigenvalue weighted by molar-refractivity contribution is -0.219. The lowest BCUT2D eigenvalue weighted by atomic mass is 9.42. The van der Waals surface area contributed by atoms with Gasteiger partial charge >= 0.3 is 5.97 Å². The number of hydrogen-bond donors (Lipinski definition) is 1. The molecule has 0 aromatic heterocycles. The molecule has 2 aliphatic carbocycles. The Morgan fingerprint density at radius 3 is 2.55 bits per heavy atom. The maximum absolute atomic E-state index is 13.5. The van der Waals surface area contributed by atoms with Crippen molar-refractivity contribution in [3.63, 3.8) is 0 Å². The van der Waals surface area contributed by atoms with Gasteiger partial charge in [-0.05, 0) is 57.8 Å². The predicted molar refractivity (Wildman–Crippen MR) is 115 cm³/mol. The summed E-state index contributed by atoms with van der Waals surface area (Å²) in [6, 6.07) is 0. The Hall–Kier alpha value is -1.24.